The summed E-state index contributed by atoms with van der Waals surface area (Å²) < 4.78 is 7.64. The molecule has 3 rings (SSSR count). The summed E-state index contributed by atoms with van der Waals surface area (Å²) >= 11 is 6.34. The summed E-state index contributed by atoms with van der Waals surface area (Å²) in [6.45, 7) is 4.85. The molecule has 2 unspecified atom stereocenters. The minimum atomic E-state index is -0.188. The van der Waals surface area contributed by atoms with Gasteiger partial charge in [0.15, 0.2) is 0 Å². The zero-order valence-corrected chi connectivity index (χ0v) is 13.0. The Morgan fingerprint density at radius 2 is 2.14 bits per heavy atom. The molecule has 2 aromatic rings. The fourth-order valence-electron chi connectivity index (χ4n) is 3.01. The second-order valence-electron chi connectivity index (χ2n) is 5.72. The van der Waals surface area contributed by atoms with Crippen molar-refractivity contribution in [2.45, 2.75) is 38.3 Å². The maximum Gasteiger partial charge on any atom is 0.122 e. The van der Waals surface area contributed by atoms with E-state index in [0.29, 0.717) is 11.6 Å². The highest BCUT2D eigenvalue weighted by Crippen LogP contribution is 2.42. The van der Waals surface area contributed by atoms with Gasteiger partial charge < -0.3 is 10.5 Å². The van der Waals surface area contributed by atoms with Crippen molar-refractivity contribution in [2.24, 2.45) is 5.73 Å². The van der Waals surface area contributed by atoms with Crippen LogP contribution in [0.25, 0.3) is 0 Å². The molecule has 2 N–H and O–H groups in total. The molecule has 0 aliphatic carbocycles. The second kappa shape index (κ2) is 5.70. The molecular formula is C16H20ClN3O. The normalized spacial score (nSPS) is 19.2. The van der Waals surface area contributed by atoms with Crippen LogP contribution in [-0.4, -0.2) is 16.4 Å². The summed E-state index contributed by atoms with van der Waals surface area (Å²) in [7, 11) is 0. The van der Waals surface area contributed by atoms with E-state index in [0.717, 1.165) is 23.4 Å². The third-order valence-corrected chi connectivity index (χ3v) is 4.32. The maximum atomic E-state index is 6.57. The van der Waals surface area contributed by atoms with Gasteiger partial charge in [0, 0.05) is 12.0 Å². The first-order valence-corrected chi connectivity index (χ1v) is 7.67. The number of rotatable bonds is 3. The number of benzene rings is 1. The zero-order chi connectivity index (χ0) is 15.0. The second-order valence-corrected chi connectivity index (χ2v) is 6.13. The molecule has 0 fully saturated rings. The van der Waals surface area contributed by atoms with E-state index in [2.05, 4.69) is 25.0 Å². The maximum absolute atomic E-state index is 6.57. The lowest BCUT2D eigenvalue weighted by atomic mass is 9.85. The predicted octanol–water partition coefficient (Wildman–Crippen LogP) is 3.68. The summed E-state index contributed by atoms with van der Waals surface area (Å²) in [4.78, 5) is 0. The van der Waals surface area contributed by atoms with Crippen molar-refractivity contribution in [1.29, 1.82) is 0 Å². The molecule has 1 aliphatic rings. The van der Waals surface area contributed by atoms with Crippen LogP contribution in [0.5, 0.6) is 5.75 Å². The molecular weight excluding hydrogens is 286 g/mol. The average Bonchev–Trinajstić information content (AvgIpc) is 2.88. The number of nitrogens with zero attached hydrogens (tertiary/aromatic N) is 2. The zero-order valence-electron chi connectivity index (χ0n) is 12.3. The smallest absolute Gasteiger partial charge is 0.122 e. The van der Waals surface area contributed by atoms with Crippen LogP contribution < -0.4 is 10.5 Å². The Morgan fingerprint density at radius 1 is 1.38 bits per heavy atom. The van der Waals surface area contributed by atoms with Gasteiger partial charge in [-0.05, 0) is 31.9 Å². The molecule has 1 aromatic heterocycles. The van der Waals surface area contributed by atoms with Crippen molar-refractivity contribution < 1.29 is 4.74 Å². The Kier molecular flexibility index (Phi) is 3.91. The van der Waals surface area contributed by atoms with Crippen molar-refractivity contribution in [2.75, 3.05) is 6.61 Å². The molecule has 0 bridgehead atoms. The molecule has 112 valence electrons. The van der Waals surface area contributed by atoms with Gasteiger partial charge in [-0.15, -0.1) is 0 Å². The van der Waals surface area contributed by atoms with Crippen molar-refractivity contribution in [1.82, 2.24) is 9.78 Å². The van der Waals surface area contributed by atoms with E-state index in [1.54, 1.807) is 6.20 Å². The Bertz CT molecular complexity index is 638. The van der Waals surface area contributed by atoms with E-state index >= 15 is 0 Å². The monoisotopic (exact) mass is 305 g/mol. The molecule has 0 amide bonds. The first-order valence-electron chi connectivity index (χ1n) is 7.29. The van der Waals surface area contributed by atoms with Gasteiger partial charge in [-0.3, -0.25) is 4.68 Å². The third kappa shape index (κ3) is 2.54. The average molecular weight is 306 g/mol. The first-order chi connectivity index (χ1) is 10.1. The number of hydrogen-bond donors (Lipinski definition) is 1. The SMILES string of the molecule is CC(C)n1ncc(Cl)c1C(N)C1CCOc2ccccc21. The molecule has 0 radical (unpaired) electrons. The van der Waals surface area contributed by atoms with E-state index in [1.165, 1.54) is 0 Å². The number of para-hydroxylation sites is 1. The fraction of sp³-hybridized carbons (Fsp3) is 0.438. The molecule has 0 saturated carbocycles. The van der Waals surface area contributed by atoms with Gasteiger partial charge in [0.05, 0.1) is 29.6 Å². The third-order valence-electron chi connectivity index (χ3n) is 4.03. The first kappa shape index (κ1) is 14.4. The predicted molar refractivity (Wildman–Crippen MR) is 83.8 cm³/mol. The summed E-state index contributed by atoms with van der Waals surface area (Å²) in [6.07, 6.45) is 2.57. The fourth-order valence-corrected chi connectivity index (χ4v) is 3.26. The quantitative estimate of drug-likeness (QED) is 0.941. The molecule has 1 aliphatic heterocycles. The Hall–Kier alpha value is -1.52. The number of aromatic nitrogens is 2. The molecule has 2 heterocycles. The van der Waals surface area contributed by atoms with Gasteiger partial charge in [0.25, 0.3) is 0 Å². The van der Waals surface area contributed by atoms with Gasteiger partial charge in [0.1, 0.15) is 5.75 Å². The molecule has 4 nitrogen and oxygen atoms in total. The highest BCUT2D eigenvalue weighted by Gasteiger charge is 2.31. The Morgan fingerprint density at radius 3 is 2.90 bits per heavy atom. The molecule has 21 heavy (non-hydrogen) atoms. The Labute approximate surface area is 129 Å². The van der Waals surface area contributed by atoms with E-state index in [1.807, 2.05) is 22.9 Å². The molecule has 2 atom stereocenters. The highest BCUT2D eigenvalue weighted by molar-refractivity contribution is 6.31. The summed E-state index contributed by atoms with van der Waals surface area (Å²) in [5.41, 5.74) is 8.63. The van der Waals surface area contributed by atoms with Gasteiger partial charge >= 0.3 is 0 Å². The van der Waals surface area contributed by atoms with Crippen LogP contribution in [-0.2, 0) is 0 Å². The van der Waals surface area contributed by atoms with Crippen LogP contribution >= 0.6 is 11.6 Å². The standard InChI is InChI=1S/C16H20ClN3O/c1-10(2)20-16(13(17)9-19-20)15(18)12-7-8-21-14-6-4-3-5-11(12)14/h3-6,9-10,12,15H,7-8,18H2,1-2H3. The van der Waals surface area contributed by atoms with Gasteiger partial charge in [-0.1, -0.05) is 29.8 Å². The Balaban J connectivity index is 2.01. The van der Waals surface area contributed by atoms with Crippen molar-refractivity contribution in [3.05, 3.63) is 46.7 Å². The number of ether oxygens (including phenoxy) is 1. The van der Waals surface area contributed by atoms with Crippen LogP contribution in [0.3, 0.4) is 0 Å². The number of nitrogens with two attached hydrogens (primary N) is 1. The molecule has 0 saturated heterocycles. The van der Waals surface area contributed by atoms with Crippen LogP contribution in [0, 0.1) is 0 Å². The van der Waals surface area contributed by atoms with Gasteiger partial charge in [-0.25, -0.2) is 0 Å². The summed E-state index contributed by atoms with van der Waals surface area (Å²) in [5.74, 6) is 1.12. The number of halogens is 1. The lowest BCUT2D eigenvalue weighted by Crippen LogP contribution is -2.28. The van der Waals surface area contributed by atoms with Crippen LogP contribution in [0.2, 0.25) is 5.02 Å². The van der Waals surface area contributed by atoms with E-state index in [4.69, 9.17) is 22.1 Å². The van der Waals surface area contributed by atoms with Gasteiger partial charge in [0.2, 0.25) is 0 Å². The topological polar surface area (TPSA) is 53.1 Å². The lowest BCUT2D eigenvalue weighted by molar-refractivity contribution is 0.252. The highest BCUT2D eigenvalue weighted by atomic mass is 35.5. The van der Waals surface area contributed by atoms with Crippen molar-refractivity contribution in [3.63, 3.8) is 0 Å². The van der Waals surface area contributed by atoms with Gasteiger partial charge in [-0.2, -0.15) is 5.10 Å². The van der Waals surface area contributed by atoms with Crippen molar-refractivity contribution >= 4 is 11.6 Å². The molecule has 1 aromatic carbocycles. The lowest BCUT2D eigenvalue weighted by Gasteiger charge is -2.31. The van der Waals surface area contributed by atoms with E-state index in [-0.39, 0.29) is 18.0 Å². The van der Waals surface area contributed by atoms with Crippen LogP contribution in [0.15, 0.2) is 30.5 Å². The summed E-state index contributed by atoms with van der Waals surface area (Å²) in [5, 5.41) is 5.00. The van der Waals surface area contributed by atoms with E-state index in [9.17, 15) is 0 Å². The van der Waals surface area contributed by atoms with Crippen LogP contribution in [0.4, 0.5) is 0 Å². The van der Waals surface area contributed by atoms with Crippen LogP contribution in [0.1, 0.15) is 49.5 Å². The minimum absolute atomic E-state index is 0.188. The summed E-state index contributed by atoms with van der Waals surface area (Å²) in [6, 6.07) is 8.13. The number of hydrogen-bond acceptors (Lipinski definition) is 3. The van der Waals surface area contributed by atoms with Crippen molar-refractivity contribution in [3.8, 4) is 5.75 Å². The van der Waals surface area contributed by atoms with E-state index < -0.39 is 0 Å². The molecule has 5 heteroatoms. The minimum Gasteiger partial charge on any atom is -0.493 e. The molecule has 0 spiro atoms. The number of fused-ring (bicyclic) bond motifs is 1. The largest absolute Gasteiger partial charge is 0.493 e.